The molecule has 0 N–H and O–H groups in total. The van der Waals surface area contributed by atoms with E-state index in [0.29, 0.717) is 31.7 Å². The first-order valence-corrected chi connectivity index (χ1v) is 11.2. The van der Waals surface area contributed by atoms with Gasteiger partial charge in [0.15, 0.2) is 0 Å². The first-order valence-electron chi connectivity index (χ1n) is 9.65. The number of pyridine rings is 2. The van der Waals surface area contributed by atoms with Crippen LogP contribution in [0.4, 0.5) is 0 Å². The van der Waals surface area contributed by atoms with E-state index in [-0.39, 0.29) is 0 Å². The van der Waals surface area contributed by atoms with E-state index in [1.807, 2.05) is 80.8 Å². The molecule has 0 saturated heterocycles. The summed E-state index contributed by atoms with van der Waals surface area (Å²) in [6, 6.07) is 21.0. The molecule has 0 saturated carbocycles. The zero-order valence-electron chi connectivity index (χ0n) is 16.9. The van der Waals surface area contributed by atoms with Crippen molar-refractivity contribution in [3.8, 4) is 5.75 Å². The van der Waals surface area contributed by atoms with Crippen molar-refractivity contribution >= 4 is 7.67 Å². The maximum Gasteiger partial charge on any atom is 0.395 e. The van der Waals surface area contributed by atoms with Crippen LogP contribution in [0.15, 0.2) is 79.1 Å². The molecule has 1 aromatic carbocycles. The molecule has 0 aliphatic carbocycles. The van der Waals surface area contributed by atoms with E-state index in [0.717, 1.165) is 11.4 Å². The van der Waals surface area contributed by atoms with E-state index in [2.05, 4.69) is 9.97 Å². The third-order valence-electron chi connectivity index (χ3n) is 4.67. The summed E-state index contributed by atoms with van der Waals surface area (Å²) in [6.45, 7) is 1.13. The zero-order valence-corrected chi connectivity index (χ0v) is 17.8. The highest BCUT2D eigenvalue weighted by Crippen LogP contribution is 2.52. The molecule has 6 nitrogen and oxygen atoms in total. The second-order valence-electron chi connectivity index (χ2n) is 6.80. The van der Waals surface area contributed by atoms with Crippen LogP contribution in [-0.2, 0) is 17.4 Å². The number of benzene rings is 1. The molecule has 0 unspecified atom stereocenters. The molecule has 0 fully saturated rings. The Balaban J connectivity index is 1.73. The van der Waals surface area contributed by atoms with E-state index in [4.69, 9.17) is 4.52 Å². The van der Waals surface area contributed by atoms with Crippen molar-refractivity contribution < 1.29 is 9.09 Å². The summed E-state index contributed by atoms with van der Waals surface area (Å²) in [5.41, 5.74) is 1.92. The Labute approximate surface area is 172 Å². The van der Waals surface area contributed by atoms with Crippen molar-refractivity contribution in [1.82, 2.24) is 19.3 Å². The predicted octanol–water partition coefficient (Wildman–Crippen LogP) is 4.31. The summed E-state index contributed by atoms with van der Waals surface area (Å²) >= 11 is 0. The van der Waals surface area contributed by atoms with Crippen molar-refractivity contribution in [2.75, 3.05) is 27.2 Å². The van der Waals surface area contributed by atoms with Crippen LogP contribution >= 0.6 is 7.67 Å². The second-order valence-corrected chi connectivity index (χ2v) is 9.33. The molecule has 0 atom stereocenters. The molecule has 0 aliphatic rings. The van der Waals surface area contributed by atoms with E-state index in [9.17, 15) is 4.57 Å². The van der Waals surface area contributed by atoms with Crippen molar-refractivity contribution in [2.24, 2.45) is 0 Å². The summed E-state index contributed by atoms with van der Waals surface area (Å²) in [7, 11) is 0.388. The highest BCUT2D eigenvalue weighted by molar-refractivity contribution is 7.54. The van der Waals surface area contributed by atoms with Crippen LogP contribution in [0.2, 0.25) is 0 Å². The largest absolute Gasteiger partial charge is 0.422 e. The van der Waals surface area contributed by atoms with E-state index in [1.165, 1.54) is 0 Å². The monoisotopic (exact) mass is 410 g/mol. The fourth-order valence-corrected chi connectivity index (χ4v) is 4.82. The van der Waals surface area contributed by atoms with Gasteiger partial charge in [0.1, 0.15) is 5.75 Å². The molecule has 2 heterocycles. The molecule has 7 heteroatoms. The molecule has 0 radical (unpaired) electrons. The molecule has 0 spiro atoms. The summed E-state index contributed by atoms with van der Waals surface area (Å²) in [4.78, 5) is 8.72. The first-order chi connectivity index (χ1) is 14.1. The first kappa shape index (κ1) is 21.2. The highest BCUT2D eigenvalue weighted by atomic mass is 31.2. The van der Waals surface area contributed by atoms with Gasteiger partial charge in [-0.3, -0.25) is 9.97 Å². The number of hydrogen-bond acceptors (Lipinski definition) is 4. The van der Waals surface area contributed by atoms with Gasteiger partial charge in [0.05, 0.1) is 0 Å². The molecule has 3 rings (SSSR count). The van der Waals surface area contributed by atoms with Gasteiger partial charge in [-0.15, -0.1) is 0 Å². The normalized spacial score (nSPS) is 11.7. The van der Waals surface area contributed by atoms with Crippen LogP contribution in [0, 0.1) is 0 Å². The van der Waals surface area contributed by atoms with Gasteiger partial charge in [-0.05, 0) is 50.5 Å². The lowest BCUT2D eigenvalue weighted by Crippen LogP contribution is -2.32. The maximum atomic E-state index is 14.0. The molecule has 2 aromatic heterocycles. The van der Waals surface area contributed by atoms with Crippen LogP contribution in [-0.4, -0.2) is 46.5 Å². The minimum Gasteiger partial charge on any atom is -0.422 e. The van der Waals surface area contributed by atoms with Crippen molar-refractivity contribution in [3.63, 3.8) is 0 Å². The van der Waals surface area contributed by atoms with Gasteiger partial charge < -0.3 is 4.52 Å². The SMILES string of the molecule is CN(CCc1ccccn1)P(=O)(Oc1ccccc1)N(C)CCc1ccccn1. The molecule has 0 bridgehead atoms. The van der Waals surface area contributed by atoms with Crippen LogP contribution < -0.4 is 4.52 Å². The van der Waals surface area contributed by atoms with Gasteiger partial charge in [0.25, 0.3) is 0 Å². The summed E-state index contributed by atoms with van der Waals surface area (Å²) in [6.07, 6.45) is 4.92. The predicted molar refractivity (Wildman–Crippen MR) is 116 cm³/mol. The van der Waals surface area contributed by atoms with Crippen molar-refractivity contribution in [1.29, 1.82) is 0 Å². The fourth-order valence-electron chi connectivity index (χ4n) is 2.92. The number of hydrogen-bond donors (Lipinski definition) is 0. The van der Waals surface area contributed by atoms with Gasteiger partial charge in [-0.2, -0.15) is 0 Å². The van der Waals surface area contributed by atoms with Gasteiger partial charge in [0.2, 0.25) is 0 Å². The Kier molecular flexibility index (Phi) is 7.53. The van der Waals surface area contributed by atoms with Gasteiger partial charge >= 0.3 is 7.67 Å². The lowest BCUT2D eigenvalue weighted by Gasteiger charge is -2.34. The highest BCUT2D eigenvalue weighted by Gasteiger charge is 2.35. The number of para-hydroxylation sites is 1. The smallest absolute Gasteiger partial charge is 0.395 e. The standard InChI is InChI=1S/C22H27N4O2P/c1-25(18-14-20-10-6-8-16-23-20)29(27,28-22-12-4-3-5-13-22)26(2)19-15-21-11-7-9-17-24-21/h3-13,16-17H,14-15,18-19H2,1-2H3. The van der Waals surface area contributed by atoms with Crippen molar-refractivity contribution in [2.45, 2.75) is 12.8 Å². The van der Waals surface area contributed by atoms with Gasteiger partial charge in [-0.1, -0.05) is 30.3 Å². The average molecular weight is 410 g/mol. The Morgan fingerprint density at radius 2 is 1.24 bits per heavy atom. The van der Waals surface area contributed by atoms with Crippen LogP contribution in [0.5, 0.6) is 5.75 Å². The Morgan fingerprint density at radius 3 is 1.69 bits per heavy atom. The van der Waals surface area contributed by atoms with Gasteiger partial charge in [0, 0.05) is 49.7 Å². The Morgan fingerprint density at radius 1 is 0.759 bits per heavy atom. The Bertz CT molecular complexity index is 856. The van der Waals surface area contributed by atoms with E-state index >= 15 is 0 Å². The zero-order chi connectivity index (χ0) is 20.5. The quantitative estimate of drug-likeness (QED) is 0.464. The molecule has 0 amide bonds. The van der Waals surface area contributed by atoms with Crippen LogP contribution in [0.1, 0.15) is 11.4 Å². The molecule has 29 heavy (non-hydrogen) atoms. The lowest BCUT2D eigenvalue weighted by molar-refractivity contribution is 0.314. The molecule has 0 aliphatic heterocycles. The summed E-state index contributed by atoms with van der Waals surface area (Å²) in [5, 5.41) is 0. The maximum absolute atomic E-state index is 14.0. The lowest BCUT2D eigenvalue weighted by atomic mass is 10.3. The number of likely N-dealkylation sites (N-methyl/N-ethyl adjacent to an activating group) is 2. The van der Waals surface area contributed by atoms with E-state index < -0.39 is 7.67 Å². The number of aromatic nitrogens is 2. The Hall–Kier alpha value is -2.53. The average Bonchev–Trinajstić information content (AvgIpc) is 2.77. The number of nitrogens with zero attached hydrogens (tertiary/aromatic N) is 4. The topological polar surface area (TPSA) is 58.6 Å². The van der Waals surface area contributed by atoms with Crippen LogP contribution in [0.3, 0.4) is 0 Å². The fraction of sp³-hybridized carbons (Fsp3) is 0.273. The second kappa shape index (κ2) is 10.3. The minimum atomic E-state index is -3.29. The minimum absolute atomic E-state index is 0.565. The third-order valence-corrected chi connectivity index (χ3v) is 7.24. The van der Waals surface area contributed by atoms with Crippen LogP contribution in [0.25, 0.3) is 0 Å². The molecule has 3 aromatic rings. The van der Waals surface area contributed by atoms with Crippen molar-refractivity contribution in [3.05, 3.63) is 90.5 Å². The number of rotatable bonds is 10. The molecule has 152 valence electrons. The molecular weight excluding hydrogens is 383 g/mol. The van der Waals surface area contributed by atoms with Gasteiger partial charge in [-0.25, -0.2) is 13.9 Å². The van der Waals surface area contributed by atoms with E-state index in [1.54, 1.807) is 21.7 Å². The molecular formula is C22H27N4O2P. The third kappa shape index (κ3) is 5.97. The summed E-state index contributed by atoms with van der Waals surface area (Å²) < 4.78 is 23.7. The summed E-state index contributed by atoms with van der Waals surface area (Å²) in [5.74, 6) is 0.588.